The third kappa shape index (κ3) is 4.55. The van der Waals surface area contributed by atoms with Gasteiger partial charge in [0.25, 0.3) is 0 Å². The molecule has 0 radical (unpaired) electrons. The Morgan fingerprint density at radius 2 is 2.17 bits per heavy atom. The minimum Gasteiger partial charge on any atom is -0.383 e. The highest BCUT2D eigenvalue weighted by atomic mass is 16.3. The number of aliphatic hydroxyl groups is 1. The highest BCUT2D eigenvalue weighted by molar-refractivity contribution is 5.74. The van der Waals surface area contributed by atoms with Gasteiger partial charge in [-0.2, -0.15) is 5.10 Å². The molecule has 0 aliphatic rings. The Balaban J connectivity index is 1.96. The first-order valence-electron chi connectivity index (χ1n) is 7.96. The number of nitrogens with one attached hydrogen (secondary N) is 2. The van der Waals surface area contributed by atoms with Crippen LogP contribution in [-0.2, 0) is 12.6 Å². The maximum absolute atomic E-state index is 12.2. The van der Waals surface area contributed by atoms with E-state index >= 15 is 0 Å². The van der Waals surface area contributed by atoms with Crippen molar-refractivity contribution in [3.05, 3.63) is 48.0 Å². The quantitative estimate of drug-likeness (QED) is 0.751. The lowest BCUT2D eigenvalue weighted by molar-refractivity contribution is 0.0591. The van der Waals surface area contributed by atoms with Crippen LogP contribution < -0.4 is 10.6 Å². The molecule has 0 fully saturated rings. The van der Waals surface area contributed by atoms with Crippen molar-refractivity contribution in [2.75, 3.05) is 6.54 Å². The molecule has 0 saturated heterocycles. The van der Waals surface area contributed by atoms with Gasteiger partial charge in [0.15, 0.2) is 0 Å². The van der Waals surface area contributed by atoms with Gasteiger partial charge in [-0.3, -0.25) is 9.67 Å². The van der Waals surface area contributed by atoms with E-state index in [2.05, 4.69) is 20.7 Å². The molecule has 0 aromatic carbocycles. The van der Waals surface area contributed by atoms with Gasteiger partial charge in [-0.25, -0.2) is 4.79 Å². The number of urea groups is 1. The molecule has 2 aromatic heterocycles. The maximum Gasteiger partial charge on any atom is 0.315 e. The number of aromatic nitrogens is 3. The van der Waals surface area contributed by atoms with Gasteiger partial charge < -0.3 is 15.7 Å². The number of hydrogen-bond acceptors (Lipinski definition) is 4. The van der Waals surface area contributed by atoms with Crippen LogP contribution in [0.15, 0.2) is 36.8 Å². The van der Waals surface area contributed by atoms with Crippen LogP contribution in [0.5, 0.6) is 0 Å². The minimum atomic E-state index is -1.19. The number of aryl methyl sites for hydroxylation is 1. The SMILES string of the molecule is CC(C)C(NC(=O)NCC(C)(O)c1cnn(C)c1)c1ccccn1. The van der Waals surface area contributed by atoms with Crippen molar-refractivity contribution in [1.29, 1.82) is 0 Å². The van der Waals surface area contributed by atoms with Gasteiger partial charge in [-0.1, -0.05) is 19.9 Å². The van der Waals surface area contributed by atoms with Gasteiger partial charge >= 0.3 is 6.03 Å². The zero-order valence-electron chi connectivity index (χ0n) is 14.5. The third-order valence-electron chi connectivity index (χ3n) is 3.88. The molecular weight excluding hydrogens is 306 g/mol. The van der Waals surface area contributed by atoms with Gasteiger partial charge in [0.05, 0.1) is 24.5 Å². The van der Waals surface area contributed by atoms with Crippen LogP contribution in [0.2, 0.25) is 0 Å². The molecule has 0 bridgehead atoms. The molecule has 2 atom stereocenters. The molecular formula is C17H25N5O2. The molecule has 2 amide bonds. The Morgan fingerprint density at radius 3 is 2.71 bits per heavy atom. The van der Waals surface area contributed by atoms with Crippen molar-refractivity contribution in [3.8, 4) is 0 Å². The van der Waals surface area contributed by atoms with E-state index in [0.29, 0.717) is 5.56 Å². The van der Waals surface area contributed by atoms with Gasteiger partial charge in [0.1, 0.15) is 5.60 Å². The second-order valence-corrected chi connectivity index (χ2v) is 6.48. The fourth-order valence-corrected chi connectivity index (χ4v) is 2.39. The van der Waals surface area contributed by atoms with Crippen molar-refractivity contribution in [1.82, 2.24) is 25.4 Å². The van der Waals surface area contributed by atoms with Crippen LogP contribution in [-0.4, -0.2) is 32.4 Å². The number of hydrogen-bond donors (Lipinski definition) is 3. The molecule has 7 heteroatoms. The molecule has 0 aliphatic heterocycles. The standard InChI is InChI=1S/C17H25N5O2/c1-12(2)15(14-7-5-6-8-18-14)21-16(23)19-11-17(3,24)13-9-20-22(4)10-13/h5-10,12,15,24H,11H2,1-4H3,(H2,19,21,23). The number of carbonyl (C=O) groups excluding carboxylic acids is 1. The Hall–Kier alpha value is -2.41. The monoisotopic (exact) mass is 331 g/mol. The van der Waals surface area contributed by atoms with E-state index in [4.69, 9.17) is 0 Å². The number of amides is 2. The number of rotatable bonds is 6. The zero-order chi connectivity index (χ0) is 17.7. The lowest BCUT2D eigenvalue weighted by atomic mass is 9.99. The molecule has 0 spiro atoms. The minimum absolute atomic E-state index is 0.0809. The van der Waals surface area contributed by atoms with Crippen molar-refractivity contribution in [2.24, 2.45) is 13.0 Å². The molecule has 0 aliphatic carbocycles. The predicted molar refractivity (Wildman–Crippen MR) is 91.1 cm³/mol. The summed E-state index contributed by atoms with van der Waals surface area (Å²) in [4.78, 5) is 16.5. The first-order chi connectivity index (χ1) is 11.3. The Kier molecular flexibility index (Phi) is 5.56. The summed E-state index contributed by atoms with van der Waals surface area (Å²) in [6, 6.07) is 5.07. The number of nitrogens with zero attached hydrogens (tertiary/aromatic N) is 3. The largest absolute Gasteiger partial charge is 0.383 e. The number of pyridine rings is 1. The summed E-state index contributed by atoms with van der Waals surface area (Å²) in [6.07, 6.45) is 5.02. The van der Waals surface area contributed by atoms with Gasteiger partial charge in [-0.15, -0.1) is 0 Å². The molecule has 2 unspecified atom stereocenters. The maximum atomic E-state index is 12.2. The van der Waals surface area contributed by atoms with Crippen molar-refractivity contribution in [2.45, 2.75) is 32.4 Å². The molecule has 3 N–H and O–H groups in total. The Morgan fingerprint density at radius 1 is 1.42 bits per heavy atom. The van der Waals surface area contributed by atoms with Gasteiger partial charge in [-0.05, 0) is 25.0 Å². The van der Waals surface area contributed by atoms with Crippen LogP contribution in [0.3, 0.4) is 0 Å². The molecule has 2 aromatic rings. The summed E-state index contributed by atoms with van der Waals surface area (Å²) in [5.74, 6) is 0.185. The molecule has 7 nitrogen and oxygen atoms in total. The van der Waals surface area contributed by atoms with Crippen LogP contribution in [0, 0.1) is 5.92 Å². The Bertz CT molecular complexity index is 667. The summed E-state index contributed by atoms with van der Waals surface area (Å²) >= 11 is 0. The van der Waals surface area contributed by atoms with Crippen LogP contribution >= 0.6 is 0 Å². The molecule has 2 rings (SSSR count). The van der Waals surface area contributed by atoms with E-state index in [1.807, 2.05) is 32.0 Å². The summed E-state index contributed by atoms with van der Waals surface area (Å²) in [7, 11) is 1.78. The first-order valence-corrected chi connectivity index (χ1v) is 7.96. The van der Waals surface area contributed by atoms with Crippen molar-refractivity contribution in [3.63, 3.8) is 0 Å². The highest BCUT2D eigenvalue weighted by Crippen LogP contribution is 2.20. The number of carbonyl (C=O) groups is 1. The van der Waals surface area contributed by atoms with Crippen LogP contribution in [0.1, 0.15) is 38.1 Å². The molecule has 0 saturated carbocycles. The van der Waals surface area contributed by atoms with Crippen LogP contribution in [0.25, 0.3) is 0 Å². The normalized spacial score (nSPS) is 14.9. The topological polar surface area (TPSA) is 92.1 Å². The van der Waals surface area contributed by atoms with E-state index in [9.17, 15) is 9.90 Å². The second-order valence-electron chi connectivity index (χ2n) is 6.48. The summed E-state index contributed by atoms with van der Waals surface area (Å²) in [6.45, 7) is 5.76. The van der Waals surface area contributed by atoms with E-state index in [1.165, 1.54) is 0 Å². The van der Waals surface area contributed by atoms with E-state index < -0.39 is 5.60 Å². The van der Waals surface area contributed by atoms with Gasteiger partial charge in [0.2, 0.25) is 0 Å². The van der Waals surface area contributed by atoms with Crippen LogP contribution in [0.4, 0.5) is 4.79 Å². The lowest BCUT2D eigenvalue weighted by Gasteiger charge is -2.25. The van der Waals surface area contributed by atoms with Crippen molar-refractivity contribution < 1.29 is 9.90 Å². The third-order valence-corrected chi connectivity index (χ3v) is 3.88. The van der Waals surface area contributed by atoms with E-state index in [0.717, 1.165) is 5.69 Å². The summed E-state index contributed by atoms with van der Waals surface area (Å²) < 4.78 is 1.61. The predicted octanol–water partition coefficient (Wildman–Crippen LogP) is 1.72. The lowest BCUT2D eigenvalue weighted by Crippen LogP contribution is -2.45. The Labute approximate surface area is 142 Å². The molecule has 2 heterocycles. The summed E-state index contributed by atoms with van der Waals surface area (Å²) in [5, 5.41) is 20.2. The first kappa shape index (κ1) is 17.9. The summed E-state index contributed by atoms with van der Waals surface area (Å²) in [5.41, 5.74) is 0.265. The van der Waals surface area contributed by atoms with Gasteiger partial charge in [0, 0.05) is 25.0 Å². The fraction of sp³-hybridized carbons (Fsp3) is 0.471. The highest BCUT2D eigenvalue weighted by Gasteiger charge is 2.26. The average molecular weight is 331 g/mol. The zero-order valence-corrected chi connectivity index (χ0v) is 14.5. The van der Waals surface area contributed by atoms with Crippen molar-refractivity contribution >= 4 is 6.03 Å². The second kappa shape index (κ2) is 7.44. The smallest absolute Gasteiger partial charge is 0.315 e. The van der Waals surface area contributed by atoms with E-state index in [1.54, 1.807) is 37.2 Å². The molecule has 130 valence electrons. The molecule has 24 heavy (non-hydrogen) atoms. The fourth-order valence-electron chi connectivity index (χ4n) is 2.39. The average Bonchev–Trinajstić information content (AvgIpc) is 2.99. The van der Waals surface area contributed by atoms with E-state index in [-0.39, 0.29) is 24.5 Å².